The third-order valence-electron chi connectivity index (χ3n) is 5.17. The Labute approximate surface area is 187 Å². The summed E-state index contributed by atoms with van der Waals surface area (Å²) in [6, 6.07) is 8.67. The molecule has 0 saturated heterocycles. The Hall–Kier alpha value is -2.58. The zero-order valence-electron chi connectivity index (χ0n) is 16.6. The summed E-state index contributed by atoms with van der Waals surface area (Å²) in [5, 5.41) is 6.47. The van der Waals surface area contributed by atoms with E-state index in [1.807, 2.05) is 0 Å². The number of carbonyl (C=O) groups excluding carboxylic acids is 1. The van der Waals surface area contributed by atoms with Crippen molar-refractivity contribution in [3.8, 4) is 0 Å². The minimum Gasteiger partial charge on any atom is -0.340 e. The monoisotopic (exact) mass is 470 g/mol. The Morgan fingerprint density at radius 3 is 2.45 bits per heavy atom. The maximum absolute atomic E-state index is 14.2. The summed E-state index contributed by atoms with van der Waals surface area (Å²) < 4.78 is 42.6. The van der Waals surface area contributed by atoms with Crippen LogP contribution in [0.3, 0.4) is 0 Å². The van der Waals surface area contributed by atoms with Crippen LogP contribution in [0.4, 0.5) is 18.0 Å². The molecule has 0 fully saturated rings. The van der Waals surface area contributed by atoms with Gasteiger partial charge in [-0.1, -0.05) is 35.3 Å². The fraction of sp³-hybridized carbons (Fsp3) is 0.286. The predicted octanol–water partition coefficient (Wildman–Crippen LogP) is 5.26. The Morgan fingerprint density at radius 2 is 1.87 bits per heavy atom. The number of nitrogens with zero attached hydrogens (tertiary/aromatic N) is 2. The van der Waals surface area contributed by atoms with Gasteiger partial charge in [-0.15, -0.1) is 0 Å². The molecule has 0 bridgehead atoms. The van der Waals surface area contributed by atoms with E-state index in [4.69, 9.17) is 23.2 Å². The van der Waals surface area contributed by atoms with Gasteiger partial charge in [-0.25, -0.2) is 10.2 Å². The number of aryl methyl sites for hydroxylation is 1. The van der Waals surface area contributed by atoms with E-state index >= 15 is 0 Å². The minimum atomic E-state index is -4.54. The topological polar surface area (TPSA) is 65.8 Å². The molecule has 10 heteroatoms. The van der Waals surface area contributed by atoms with Crippen LogP contribution in [0.1, 0.15) is 28.7 Å². The average Bonchev–Trinajstić information content (AvgIpc) is 3.15. The van der Waals surface area contributed by atoms with E-state index in [1.165, 1.54) is 31.5 Å². The smallest absolute Gasteiger partial charge is 0.340 e. The van der Waals surface area contributed by atoms with E-state index in [2.05, 4.69) is 20.8 Å². The van der Waals surface area contributed by atoms with Crippen LogP contribution in [0.5, 0.6) is 0 Å². The van der Waals surface area contributed by atoms with Gasteiger partial charge in [0, 0.05) is 29.2 Å². The number of amides is 2. The van der Waals surface area contributed by atoms with Crippen molar-refractivity contribution < 1.29 is 18.0 Å². The molecule has 1 atom stereocenters. The van der Waals surface area contributed by atoms with Crippen LogP contribution in [0.25, 0.3) is 0 Å². The molecule has 0 spiro atoms. The Morgan fingerprint density at radius 1 is 1.19 bits per heavy atom. The lowest BCUT2D eigenvalue weighted by Gasteiger charge is -2.31. The summed E-state index contributed by atoms with van der Waals surface area (Å²) in [6.45, 7) is 1.36. The predicted molar refractivity (Wildman–Crippen MR) is 117 cm³/mol. The van der Waals surface area contributed by atoms with Gasteiger partial charge in [0.05, 0.1) is 12.8 Å². The van der Waals surface area contributed by atoms with E-state index in [1.54, 1.807) is 25.1 Å². The lowest BCUT2D eigenvalue weighted by atomic mass is 9.76. The molecule has 0 aromatic heterocycles. The highest BCUT2D eigenvalue weighted by Gasteiger charge is 2.58. The number of hydrogen-bond donors (Lipinski definition) is 2. The second kappa shape index (κ2) is 8.88. The van der Waals surface area contributed by atoms with E-state index in [-0.39, 0.29) is 22.0 Å². The lowest BCUT2D eigenvalue weighted by molar-refractivity contribution is -0.183. The number of hydrogen-bond acceptors (Lipinski definition) is 3. The molecule has 5 nitrogen and oxygen atoms in total. The molecule has 164 valence electrons. The molecule has 0 aliphatic carbocycles. The Balaban J connectivity index is 1.88. The molecule has 2 N–H and O–H groups in total. The number of aliphatic imine (C=N–C) groups is 1. The fourth-order valence-electron chi connectivity index (χ4n) is 3.41. The minimum absolute atomic E-state index is 0.00278. The second-order valence-corrected chi connectivity index (χ2v) is 8.07. The normalized spacial score (nSPS) is 18.9. The summed E-state index contributed by atoms with van der Waals surface area (Å²) in [4.78, 5) is 15.4. The van der Waals surface area contributed by atoms with Crippen molar-refractivity contribution in [2.75, 3.05) is 13.6 Å². The van der Waals surface area contributed by atoms with Gasteiger partial charge in [-0.3, -0.25) is 4.99 Å². The highest BCUT2D eigenvalue weighted by Crippen LogP contribution is 2.48. The van der Waals surface area contributed by atoms with Gasteiger partial charge in [-0.2, -0.15) is 18.3 Å². The summed E-state index contributed by atoms with van der Waals surface area (Å²) in [6.07, 6.45) is -3.41. The van der Waals surface area contributed by atoms with Crippen LogP contribution < -0.4 is 10.7 Å². The number of benzene rings is 2. The van der Waals surface area contributed by atoms with E-state index in [0.29, 0.717) is 16.8 Å². The van der Waals surface area contributed by atoms with Crippen LogP contribution in [0.15, 0.2) is 46.5 Å². The maximum atomic E-state index is 14.2. The Kier molecular flexibility index (Phi) is 6.62. The molecule has 2 aromatic rings. The van der Waals surface area contributed by atoms with Gasteiger partial charge in [0.1, 0.15) is 5.41 Å². The van der Waals surface area contributed by atoms with Crippen LogP contribution in [0, 0.1) is 6.92 Å². The number of halogens is 5. The molecule has 0 saturated carbocycles. The first-order chi connectivity index (χ1) is 14.6. The third-order valence-corrected chi connectivity index (χ3v) is 5.60. The maximum Gasteiger partial charge on any atom is 0.400 e. The molecular weight excluding hydrogens is 452 g/mol. The van der Waals surface area contributed by atoms with Crippen molar-refractivity contribution in [1.82, 2.24) is 10.7 Å². The fourth-order valence-corrected chi connectivity index (χ4v) is 3.94. The van der Waals surface area contributed by atoms with Crippen molar-refractivity contribution in [3.05, 3.63) is 68.7 Å². The van der Waals surface area contributed by atoms with E-state index in [9.17, 15) is 18.0 Å². The SMILES string of the molecule is CNC(=O)N/N=C/c1ccc(C2=NCC(c3cc(Cl)cc(Cl)c3)(C(F)(F)F)C2)cc1C. The van der Waals surface area contributed by atoms with Gasteiger partial charge in [0.15, 0.2) is 0 Å². The van der Waals surface area contributed by atoms with Gasteiger partial charge in [0.2, 0.25) is 0 Å². The van der Waals surface area contributed by atoms with Gasteiger partial charge in [0.25, 0.3) is 0 Å². The van der Waals surface area contributed by atoms with Crippen LogP contribution in [-0.4, -0.2) is 37.7 Å². The Bertz CT molecular complexity index is 1050. The highest BCUT2D eigenvalue weighted by molar-refractivity contribution is 6.34. The van der Waals surface area contributed by atoms with Crippen molar-refractivity contribution in [1.29, 1.82) is 0 Å². The zero-order chi connectivity index (χ0) is 22.8. The molecule has 31 heavy (non-hydrogen) atoms. The largest absolute Gasteiger partial charge is 0.400 e. The number of rotatable bonds is 4. The van der Waals surface area contributed by atoms with E-state index in [0.717, 1.165) is 5.56 Å². The highest BCUT2D eigenvalue weighted by atomic mass is 35.5. The van der Waals surface area contributed by atoms with Crippen LogP contribution >= 0.6 is 23.2 Å². The summed E-state index contributed by atoms with van der Waals surface area (Å²) >= 11 is 11.9. The molecule has 0 radical (unpaired) electrons. The number of nitrogens with one attached hydrogen (secondary N) is 2. The number of carbonyl (C=O) groups is 1. The molecule has 1 unspecified atom stereocenters. The first-order valence-electron chi connectivity index (χ1n) is 9.24. The molecule has 1 heterocycles. The van der Waals surface area contributed by atoms with Crippen LogP contribution in [0.2, 0.25) is 10.0 Å². The zero-order valence-corrected chi connectivity index (χ0v) is 18.2. The van der Waals surface area contributed by atoms with Gasteiger partial charge < -0.3 is 5.32 Å². The second-order valence-electron chi connectivity index (χ2n) is 7.20. The van der Waals surface area contributed by atoms with Gasteiger partial charge >= 0.3 is 12.2 Å². The van der Waals surface area contributed by atoms with E-state index < -0.39 is 24.2 Å². The standard InChI is InChI=1S/C21H19Cl2F3N4O/c1-12-5-13(3-4-14(12)10-29-30-19(31)27-2)18-9-20(11-28-18,21(24,25)26)15-6-16(22)8-17(23)7-15/h3-8,10H,9,11H2,1-2H3,(H2,27,30,31)/b29-10+. The molecule has 2 amide bonds. The quantitative estimate of drug-likeness (QED) is 0.464. The van der Waals surface area contributed by atoms with Gasteiger partial charge in [-0.05, 0) is 53.4 Å². The molecule has 1 aliphatic rings. The summed E-state index contributed by atoms with van der Waals surface area (Å²) in [5.41, 5.74) is 2.51. The van der Waals surface area contributed by atoms with Crippen molar-refractivity contribution in [2.24, 2.45) is 10.1 Å². The van der Waals surface area contributed by atoms with Crippen LogP contribution in [-0.2, 0) is 5.41 Å². The number of urea groups is 1. The first kappa shape index (κ1) is 23.1. The third kappa shape index (κ3) is 4.85. The summed E-state index contributed by atoms with van der Waals surface area (Å²) in [5.74, 6) is 0. The lowest BCUT2D eigenvalue weighted by Crippen LogP contribution is -2.43. The van der Waals surface area contributed by atoms with Crippen molar-refractivity contribution in [2.45, 2.75) is 24.9 Å². The average molecular weight is 471 g/mol. The molecular formula is C21H19Cl2F3N4O. The number of hydrazone groups is 1. The molecule has 2 aromatic carbocycles. The van der Waals surface area contributed by atoms with Crippen molar-refractivity contribution in [3.63, 3.8) is 0 Å². The number of alkyl halides is 3. The van der Waals surface area contributed by atoms with Crippen molar-refractivity contribution >= 4 is 41.2 Å². The molecule has 1 aliphatic heterocycles. The molecule has 3 rings (SSSR count). The summed E-state index contributed by atoms with van der Waals surface area (Å²) in [7, 11) is 1.46. The first-order valence-corrected chi connectivity index (χ1v) is 10.00.